The van der Waals surface area contributed by atoms with Gasteiger partial charge in [0, 0.05) is 35.2 Å². The van der Waals surface area contributed by atoms with Gasteiger partial charge in [-0.2, -0.15) is 5.10 Å². The molecular weight excluding hydrogens is 539 g/mol. The third kappa shape index (κ3) is 4.95. The van der Waals surface area contributed by atoms with E-state index in [-0.39, 0.29) is 35.4 Å². The van der Waals surface area contributed by atoms with E-state index >= 15 is 0 Å². The van der Waals surface area contributed by atoms with E-state index in [1.165, 1.54) is 36.4 Å². The lowest BCUT2D eigenvalue weighted by Gasteiger charge is -2.26. The number of hydrogen-bond acceptors (Lipinski definition) is 6. The molecule has 3 heterocycles. The number of benzene rings is 3. The number of carbonyl (C=O) groups is 2. The first kappa shape index (κ1) is 26.0. The average Bonchev–Trinajstić information content (AvgIpc) is 3.61. The van der Waals surface area contributed by atoms with Gasteiger partial charge >= 0.3 is 5.97 Å². The fourth-order valence-electron chi connectivity index (χ4n) is 4.91. The zero-order chi connectivity index (χ0) is 28.7. The number of carboxylic acids is 1. The van der Waals surface area contributed by atoms with E-state index < -0.39 is 35.4 Å². The minimum Gasteiger partial charge on any atom is -0.478 e. The van der Waals surface area contributed by atoms with Gasteiger partial charge < -0.3 is 14.8 Å². The Morgan fingerprint density at radius 1 is 0.902 bits per heavy atom. The predicted molar refractivity (Wildman–Crippen MR) is 138 cm³/mol. The quantitative estimate of drug-likeness (QED) is 0.254. The summed E-state index contributed by atoms with van der Waals surface area (Å²) in [5, 5.41) is 27.5. The Morgan fingerprint density at radius 3 is 2.34 bits per heavy atom. The van der Waals surface area contributed by atoms with Gasteiger partial charge in [0.05, 0.1) is 22.9 Å². The van der Waals surface area contributed by atoms with Crippen LogP contribution in [0.3, 0.4) is 0 Å². The molecule has 0 saturated carbocycles. The first-order valence-corrected chi connectivity index (χ1v) is 12.6. The van der Waals surface area contributed by atoms with Crippen molar-refractivity contribution in [1.29, 1.82) is 0 Å². The molecule has 1 atom stereocenters. The topological polar surface area (TPSA) is 134 Å². The number of carboxylic acid groups (broad SMARTS) is 1. The predicted octanol–water partition coefficient (Wildman–Crippen LogP) is 5.05. The van der Waals surface area contributed by atoms with E-state index in [2.05, 4.69) is 25.7 Å². The highest BCUT2D eigenvalue weighted by atomic mass is 19.1. The van der Waals surface area contributed by atoms with E-state index in [4.69, 9.17) is 4.42 Å². The second kappa shape index (κ2) is 10.4. The number of hydrogen-bond donors (Lipinski definition) is 3. The van der Waals surface area contributed by atoms with Gasteiger partial charge in [-0.1, -0.05) is 12.1 Å². The smallest absolute Gasteiger partial charge is 0.335 e. The standard InChI is InChI=1S/C29H20F3N5O4/c30-17-7-5-15(6-8-17)28-37-35-23(41-28)12-11-21-24(14-1-3-16(4-2-14)29(39)40)26(36-34-21)22-13-18-19(31)9-10-20(32)25(18)27(38)33-22/h1-10,22H,11-13H2,(H,33,38)(H,34,36)(H,39,40). The summed E-state index contributed by atoms with van der Waals surface area (Å²) in [5.74, 6) is -3.21. The zero-order valence-corrected chi connectivity index (χ0v) is 21.1. The summed E-state index contributed by atoms with van der Waals surface area (Å²) in [6.45, 7) is 0. The van der Waals surface area contributed by atoms with Crippen molar-refractivity contribution in [3.8, 4) is 22.6 Å². The Hall–Kier alpha value is -5.26. The molecule has 3 N–H and O–H groups in total. The van der Waals surface area contributed by atoms with Crippen LogP contribution < -0.4 is 5.32 Å². The number of nitrogens with one attached hydrogen (secondary N) is 2. The fourth-order valence-corrected chi connectivity index (χ4v) is 4.91. The number of H-pyrrole nitrogens is 1. The van der Waals surface area contributed by atoms with Crippen molar-refractivity contribution >= 4 is 11.9 Å². The molecule has 0 spiro atoms. The van der Waals surface area contributed by atoms with Gasteiger partial charge in [-0.3, -0.25) is 9.89 Å². The van der Waals surface area contributed by atoms with Gasteiger partial charge in [0.25, 0.3) is 5.91 Å². The molecule has 2 aromatic heterocycles. The van der Waals surface area contributed by atoms with Crippen LogP contribution in [0.5, 0.6) is 0 Å². The molecule has 206 valence electrons. The maximum Gasteiger partial charge on any atom is 0.335 e. The number of carbonyl (C=O) groups excluding carboxylic acids is 1. The van der Waals surface area contributed by atoms with Gasteiger partial charge in [-0.25, -0.2) is 18.0 Å². The normalized spacial score (nSPS) is 14.5. The van der Waals surface area contributed by atoms with Gasteiger partial charge in [0.2, 0.25) is 11.8 Å². The Kier molecular flexibility index (Phi) is 6.58. The van der Waals surface area contributed by atoms with Crippen LogP contribution in [0.1, 0.15) is 49.6 Å². The fraction of sp³-hybridized carbons (Fsp3) is 0.138. The van der Waals surface area contributed by atoms with Crippen LogP contribution in [0, 0.1) is 17.5 Å². The van der Waals surface area contributed by atoms with Crippen molar-refractivity contribution in [1.82, 2.24) is 25.7 Å². The number of rotatable bonds is 7. The van der Waals surface area contributed by atoms with Gasteiger partial charge in [-0.05, 0) is 60.5 Å². The Morgan fingerprint density at radius 2 is 1.61 bits per heavy atom. The minimum atomic E-state index is -1.09. The van der Waals surface area contributed by atoms with E-state index in [1.54, 1.807) is 12.1 Å². The second-order valence-corrected chi connectivity index (χ2v) is 9.47. The monoisotopic (exact) mass is 559 g/mol. The van der Waals surface area contributed by atoms with Crippen LogP contribution in [0.25, 0.3) is 22.6 Å². The maximum absolute atomic E-state index is 14.6. The van der Waals surface area contributed by atoms with Crippen molar-refractivity contribution in [3.63, 3.8) is 0 Å². The van der Waals surface area contributed by atoms with Gasteiger partial charge in [-0.15, -0.1) is 10.2 Å². The Labute approximate surface area is 230 Å². The first-order valence-electron chi connectivity index (χ1n) is 12.6. The number of halogens is 3. The number of aromatic nitrogens is 4. The summed E-state index contributed by atoms with van der Waals surface area (Å²) >= 11 is 0. The van der Waals surface area contributed by atoms with Gasteiger partial charge in [0.1, 0.15) is 17.5 Å². The maximum atomic E-state index is 14.6. The SMILES string of the molecule is O=C(O)c1ccc(-c2c(C3Cc4c(F)ccc(F)c4C(=O)N3)n[nH]c2CCc2nnc(-c3ccc(F)cc3)o2)cc1. The summed E-state index contributed by atoms with van der Waals surface area (Å²) in [6.07, 6.45) is 0.573. The van der Waals surface area contributed by atoms with E-state index in [0.717, 1.165) is 12.1 Å². The van der Waals surface area contributed by atoms with E-state index in [0.29, 0.717) is 40.4 Å². The number of aromatic amines is 1. The third-order valence-electron chi connectivity index (χ3n) is 6.91. The van der Waals surface area contributed by atoms with Gasteiger partial charge in [0.15, 0.2) is 0 Å². The summed E-state index contributed by atoms with van der Waals surface area (Å²) in [6, 6.07) is 12.8. The summed E-state index contributed by atoms with van der Waals surface area (Å²) in [5.41, 5.74) is 2.43. The molecular formula is C29H20F3N5O4. The number of amides is 1. The van der Waals surface area contributed by atoms with E-state index in [1.807, 2.05) is 0 Å². The average molecular weight is 560 g/mol. The third-order valence-corrected chi connectivity index (χ3v) is 6.91. The molecule has 1 aliphatic heterocycles. The summed E-state index contributed by atoms with van der Waals surface area (Å²) < 4.78 is 48.0. The van der Waals surface area contributed by atoms with Crippen molar-refractivity contribution in [2.75, 3.05) is 0 Å². The molecule has 0 saturated heterocycles. The molecule has 6 rings (SSSR count). The molecule has 3 aromatic carbocycles. The molecule has 1 unspecified atom stereocenters. The molecule has 0 bridgehead atoms. The molecule has 1 amide bonds. The number of nitrogens with zero attached hydrogens (tertiary/aromatic N) is 3. The molecule has 9 nitrogen and oxygen atoms in total. The highest BCUT2D eigenvalue weighted by Crippen LogP contribution is 2.36. The number of aromatic carboxylic acids is 1. The molecule has 0 radical (unpaired) electrons. The van der Waals surface area contributed by atoms with E-state index in [9.17, 15) is 27.9 Å². The van der Waals surface area contributed by atoms with Crippen LogP contribution in [0.15, 0.2) is 65.1 Å². The van der Waals surface area contributed by atoms with Crippen LogP contribution in [-0.2, 0) is 19.3 Å². The lowest BCUT2D eigenvalue weighted by atomic mass is 9.89. The molecule has 12 heteroatoms. The molecule has 0 fully saturated rings. The van der Waals surface area contributed by atoms with Crippen LogP contribution in [-0.4, -0.2) is 37.4 Å². The second-order valence-electron chi connectivity index (χ2n) is 9.47. The van der Waals surface area contributed by atoms with Crippen molar-refractivity contribution in [3.05, 3.63) is 112 Å². The van der Waals surface area contributed by atoms with Crippen LogP contribution in [0.4, 0.5) is 13.2 Å². The molecule has 5 aromatic rings. The Balaban J connectivity index is 1.33. The zero-order valence-electron chi connectivity index (χ0n) is 21.1. The van der Waals surface area contributed by atoms with Crippen molar-refractivity contribution in [2.24, 2.45) is 0 Å². The number of aryl methyl sites for hydroxylation is 2. The lowest BCUT2D eigenvalue weighted by molar-refractivity contribution is 0.0696. The van der Waals surface area contributed by atoms with Crippen LogP contribution in [0.2, 0.25) is 0 Å². The first-order chi connectivity index (χ1) is 19.8. The van der Waals surface area contributed by atoms with Crippen molar-refractivity contribution < 1.29 is 32.3 Å². The molecule has 1 aliphatic rings. The highest BCUT2D eigenvalue weighted by Gasteiger charge is 2.34. The van der Waals surface area contributed by atoms with Crippen LogP contribution >= 0.6 is 0 Å². The molecule has 0 aliphatic carbocycles. The summed E-state index contributed by atoms with van der Waals surface area (Å²) in [7, 11) is 0. The van der Waals surface area contributed by atoms with Crippen molar-refractivity contribution in [2.45, 2.75) is 25.3 Å². The lowest BCUT2D eigenvalue weighted by Crippen LogP contribution is -2.37. The highest BCUT2D eigenvalue weighted by molar-refractivity contribution is 5.97. The minimum absolute atomic E-state index is 0.0418. The summed E-state index contributed by atoms with van der Waals surface area (Å²) in [4.78, 5) is 24.2. The largest absolute Gasteiger partial charge is 0.478 e. The Bertz CT molecular complexity index is 1780. The number of fused-ring (bicyclic) bond motifs is 1. The molecule has 41 heavy (non-hydrogen) atoms.